The molecule has 1 amide bonds. The molecule has 1 aromatic heterocycles. The third kappa shape index (κ3) is 3.69. The molecule has 0 spiro atoms. The molecule has 0 aliphatic heterocycles. The molecular weight excluding hydrogens is 382 g/mol. The van der Waals surface area contributed by atoms with Gasteiger partial charge in [0.15, 0.2) is 0 Å². The SMILES string of the molecule is CC(C)(C)OC(=O)Nc1cccc(-n2c(=O)c(=O)[nH]c3c4ccccc4ccc32)c1. The molecule has 0 fully saturated rings. The number of nitrogens with zero attached hydrogens (tertiary/aromatic N) is 1. The number of hydrogen-bond donors (Lipinski definition) is 2. The number of aromatic nitrogens is 2. The fourth-order valence-corrected chi connectivity index (χ4v) is 3.36. The van der Waals surface area contributed by atoms with E-state index in [4.69, 9.17) is 4.74 Å². The van der Waals surface area contributed by atoms with Crippen molar-refractivity contribution in [1.82, 2.24) is 9.55 Å². The lowest BCUT2D eigenvalue weighted by Gasteiger charge is -2.20. The molecule has 4 aromatic rings. The van der Waals surface area contributed by atoms with E-state index in [0.717, 1.165) is 10.8 Å². The van der Waals surface area contributed by atoms with Gasteiger partial charge in [-0.25, -0.2) is 4.79 Å². The topological polar surface area (TPSA) is 93.2 Å². The fourth-order valence-electron chi connectivity index (χ4n) is 3.36. The number of anilines is 1. The van der Waals surface area contributed by atoms with E-state index in [1.807, 2.05) is 30.3 Å². The average molecular weight is 403 g/mol. The van der Waals surface area contributed by atoms with E-state index in [9.17, 15) is 14.4 Å². The summed E-state index contributed by atoms with van der Waals surface area (Å²) < 4.78 is 6.62. The normalized spacial score (nSPS) is 11.6. The minimum absolute atomic E-state index is 0.447. The van der Waals surface area contributed by atoms with Gasteiger partial charge < -0.3 is 9.72 Å². The second-order valence-corrected chi connectivity index (χ2v) is 7.95. The number of fused-ring (bicyclic) bond motifs is 3. The number of hydrogen-bond acceptors (Lipinski definition) is 4. The van der Waals surface area contributed by atoms with E-state index in [-0.39, 0.29) is 0 Å². The number of ether oxygens (including phenoxy) is 1. The molecule has 7 heteroatoms. The van der Waals surface area contributed by atoms with Crippen LogP contribution in [0.4, 0.5) is 10.5 Å². The van der Waals surface area contributed by atoms with Crippen molar-refractivity contribution in [2.24, 2.45) is 0 Å². The summed E-state index contributed by atoms with van der Waals surface area (Å²) >= 11 is 0. The Morgan fingerprint density at radius 3 is 2.53 bits per heavy atom. The molecule has 7 nitrogen and oxygen atoms in total. The van der Waals surface area contributed by atoms with E-state index in [2.05, 4.69) is 10.3 Å². The van der Waals surface area contributed by atoms with Crippen molar-refractivity contribution in [3.05, 3.63) is 81.4 Å². The van der Waals surface area contributed by atoms with Gasteiger partial charge in [-0.15, -0.1) is 0 Å². The smallest absolute Gasteiger partial charge is 0.412 e. The summed E-state index contributed by atoms with van der Waals surface area (Å²) in [7, 11) is 0. The van der Waals surface area contributed by atoms with Crippen molar-refractivity contribution in [2.75, 3.05) is 5.32 Å². The van der Waals surface area contributed by atoms with Gasteiger partial charge in [-0.2, -0.15) is 0 Å². The van der Waals surface area contributed by atoms with E-state index >= 15 is 0 Å². The molecule has 0 aliphatic rings. The summed E-state index contributed by atoms with van der Waals surface area (Å²) in [5, 5.41) is 4.45. The number of H-pyrrole nitrogens is 1. The maximum atomic E-state index is 12.7. The number of nitrogens with one attached hydrogen (secondary N) is 2. The molecule has 1 heterocycles. The molecule has 2 N–H and O–H groups in total. The zero-order valence-electron chi connectivity index (χ0n) is 16.9. The molecular formula is C23H21N3O4. The highest BCUT2D eigenvalue weighted by Gasteiger charge is 2.17. The number of rotatable bonds is 2. The second-order valence-electron chi connectivity index (χ2n) is 7.95. The number of amides is 1. The van der Waals surface area contributed by atoms with Crippen molar-refractivity contribution >= 4 is 33.6 Å². The van der Waals surface area contributed by atoms with Crippen LogP contribution in [0.25, 0.3) is 27.5 Å². The highest BCUT2D eigenvalue weighted by atomic mass is 16.6. The van der Waals surface area contributed by atoms with Crippen molar-refractivity contribution in [3.8, 4) is 5.69 Å². The van der Waals surface area contributed by atoms with E-state index in [1.54, 1.807) is 51.1 Å². The summed E-state index contributed by atoms with van der Waals surface area (Å²) in [5.41, 5.74) is -0.0157. The van der Waals surface area contributed by atoms with Crippen LogP contribution in [-0.2, 0) is 4.74 Å². The van der Waals surface area contributed by atoms with Crippen LogP contribution in [0.15, 0.2) is 70.3 Å². The molecule has 0 radical (unpaired) electrons. The van der Waals surface area contributed by atoms with E-state index in [1.165, 1.54) is 4.57 Å². The number of benzene rings is 3. The summed E-state index contributed by atoms with van der Waals surface area (Å²) in [6.07, 6.45) is -0.603. The van der Waals surface area contributed by atoms with Gasteiger partial charge in [-0.05, 0) is 50.4 Å². The van der Waals surface area contributed by atoms with Crippen LogP contribution >= 0.6 is 0 Å². The van der Waals surface area contributed by atoms with E-state index in [0.29, 0.717) is 22.4 Å². The summed E-state index contributed by atoms with van der Waals surface area (Å²) in [5.74, 6) is 0. The first kappa shape index (κ1) is 19.4. The quantitative estimate of drug-likeness (QED) is 0.388. The number of carbonyl (C=O) groups is 1. The molecule has 0 unspecified atom stereocenters. The minimum Gasteiger partial charge on any atom is -0.444 e. The van der Waals surface area contributed by atoms with Crippen molar-refractivity contribution in [3.63, 3.8) is 0 Å². The zero-order chi connectivity index (χ0) is 21.5. The predicted molar refractivity (Wildman–Crippen MR) is 118 cm³/mol. The summed E-state index contributed by atoms with van der Waals surface area (Å²) in [6, 6.07) is 18.0. The van der Waals surface area contributed by atoms with Crippen molar-refractivity contribution in [2.45, 2.75) is 26.4 Å². The van der Waals surface area contributed by atoms with Crippen LogP contribution in [0.1, 0.15) is 20.8 Å². The van der Waals surface area contributed by atoms with Crippen molar-refractivity contribution < 1.29 is 9.53 Å². The Kier molecular flexibility index (Phi) is 4.66. The summed E-state index contributed by atoms with van der Waals surface area (Å²) in [6.45, 7) is 5.32. The lowest BCUT2D eigenvalue weighted by atomic mass is 10.1. The summed E-state index contributed by atoms with van der Waals surface area (Å²) in [4.78, 5) is 40.0. The third-order valence-corrected chi connectivity index (χ3v) is 4.53. The predicted octanol–water partition coefficient (Wildman–Crippen LogP) is 4.18. The molecule has 0 saturated carbocycles. The monoisotopic (exact) mass is 403 g/mol. The van der Waals surface area contributed by atoms with Gasteiger partial charge in [0.2, 0.25) is 0 Å². The molecule has 3 aromatic carbocycles. The van der Waals surface area contributed by atoms with Gasteiger partial charge in [0.25, 0.3) is 0 Å². The third-order valence-electron chi connectivity index (χ3n) is 4.53. The molecule has 152 valence electrons. The van der Waals surface area contributed by atoms with Gasteiger partial charge in [-0.3, -0.25) is 19.5 Å². The molecule has 0 saturated heterocycles. The Morgan fingerprint density at radius 1 is 1.00 bits per heavy atom. The Labute approximate surface area is 171 Å². The Bertz CT molecular complexity index is 1390. The maximum absolute atomic E-state index is 12.7. The lowest BCUT2D eigenvalue weighted by Crippen LogP contribution is -2.35. The Hall–Kier alpha value is -3.87. The van der Waals surface area contributed by atoms with Gasteiger partial charge in [-0.1, -0.05) is 36.4 Å². The van der Waals surface area contributed by atoms with Crippen LogP contribution in [-0.4, -0.2) is 21.2 Å². The molecule has 30 heavy (non-hydrogen) atoms. The first-order valence-corrected chi connectivity index (χ1v) is 9.50. The average Bonchev–Trinajstić information content (AvgIpc) is 2.67. The Balaban J connectivity index is 1.87. The lowest BCUT2D eigenvalue weighted by molar-refractivity contribution is 0.0636. The highest BCUT2D eigenvalue weighted by molar-refractivity contribution is 6.04. The maximum Gasteiger partial charge on any atom is 0.412 e. The van der Waals surface area contributed by atoms with Crippen LogP contribution < -0.4 is 16.4 Å². The molecule has 0 atom stereocenters. The second kappa shape index (κ2) is 7.18. The van der Waals surface area contributed by atoms with E-state index < -0.39 is 22.8 Å². The first-order chi connectivity index (χ1) is 14.2. The standard InChI is InChI=1S/C23H21N3O4/c1-23(2,3)30-22(29)24-15-8-6-9-16(13-15)26-18-12-11-14-7-4-5-10-17(14)19(18)25-20(27)21(26)28/h4-13H,1-3H3,(H,24,29)(H,25,27). The van der Waals surface area contributed by atoms with Gasteiger partial charge in [0.05, 0.1) is 16.7 Å². The Morgan fingerprint density at radius 2 is 1.77 bits per heavy atom. The van der Waals surface area contributed by atoms with Gasteiger partial charge >= 0.3 is 17.2 Å². The minimum atomic E-state index is -0.718. The zero-order valence-corrected chi connectivity index (χ0v) is 16.9. The number of carbonyl (C=O) groups excluding carboxylic acids is 1. The molecule has 0 aliphatic carbocycles. The van der Waals surface area contributed by atoms with Crippen molar-refractivity contribution in [1.29, 1.82) is 0 Å². The van der Waals surface area contributed by atoms with Gasteiger partial charge in [0.1, 0.15) is 5.60 Å². The highest BCUT2D eigenvalue weighted by Crippen LogP contribution is 2.24. The van der Waals surface area contributed by atoms with Crippen LogP contribution in [0.3, 0.4) is 0 Å². The fraction of sp³-hybridized carbons (Fsp3) is 0.174. The van der Waals surface area contributed by atoms with Crippen LogP contribution in [0, 0.1) is 0 Å². The molecule has 4 rings (SSSR count). The van der Waals surface area contributed by atoms with Crippen LogP contribution in [0.2, 0.25) is 0 Å². The van der Waals surface area contributed by atoms with Gasteiger partial charge in [0, 0.05) is 11.1 Å². The first-order valence-electron chi connectivity index (χ1n) is 9.50. The van der Waals surface area contributed by atoms with Crippen LogP contribution in [0.5, 0.6) is 0 Å². The number of aromatic amines is 1. The molecule has 0 bridgehead atoms. The largest absolute Gasteiger partial charge is 0.444 e.